The Morgan fingerprint density at radius 2 is 2.00 bits per heavy atom. The third kappa shape index (κ3) is 4.13. The molecule has 0 spiro atoms. The molecule has 0 radical (unpaired) electrons. The van der Waals surface area contributed by atoms with E-state index >= 15 is 0 Å². The molecule has 0 bridgehead atoms. The fourth-order valence-electron chi connectivity index (χ4n) is 1.78. The molecule has 1 aromatic carbocycles. The molecule has 0 saturated carbocycles. The van der Waals surface area contributed by atoms with Crippen LogP contribution in [0.1, 0.15) is 12.0 Å². The molecule has 104 valence electrons. The number of benzene rings is 1. The quantitative estimate of drug-likeness (QED) is 0.820. The molecule has 0 fully saturated rings. The van der Waals surface area contributed by atoms with Gasteiger partial charge in [-0.05, 0) is 30.5 Å². The van der Waals surface area contributed by atoms with Crippen molar-refractivity contribution in [1.29, 1.82) is 0 Å². The molecule has 1 aromatic heterocycles. The van der Waals surface area contributed by atoms with E-state index in [4.69, 9.17) is 5.73 Å². The van der Waals surface area contributed by atoms with Crippen LogP contribution in [0.3, 0.4) is 0 Å². The van der Waals surface area contributed by atoms with Crippen molar-refractivity contribution < 1.29 is 9.18 Å². The van der Waals surface area contributed by atoms with E-state index in [1.807, 2.05) is 30.3 Å². The lowest BCUT2D eigenvalue weighted by Gasteiger charge is -2.12. The van der Waals surface area contributed by atoms with Crippen LogP contribution in [-0.4, -0.2) is 16.9 Å². The van der Waals surface area contributed by atoms with Gasteiger partial charge in [0.2, 0.25) is 11.9 Å². The number of pyridine rings is 1. The third-order valence-corrected chi connectivity index (χ3v) is 2.92. The van der Waals surface area contributed by atoms with Crippen molar-refractivity contribution in [2.75, 3.05) is 5.32 Å². The van der Waals surface area contributed by atoms with Crippen molar-refractivity contribution in [2.24, 2.45) is 5.73 Å². The highest BCUT2D eigenvalue weighted by molar-refractivity contribution is 5.94. The summed E-state index contributed by atoms with van der Waals surface area (Å²) in [5.41, 5.74) is 7.41. The molecule has 0 unspecified atom stereocenters. The highest BCUT2D eigenvalue weighted by Crippen LogP contribution is 2.08. The zero-order valence-corrected chi connectivity index (χ0v) is 10.9. The summed E-state index contributed by atoms with van der Waals surface area (Å²) in [6, 6.07) is 11.9. The van der Waals surface area contributed by atoms with Crippen LogP contribution in [0.5, 0.6) is 0 Å². The largest absolute Gasteiger partial charge is 0.323 e. The highest BCUT2D eigenvalue weighted by atomic mass is 19.1. The Morgan fingerprint density at radius 3 is 2.65 bits per heavy atom. The summed E-state index contributed by atoms with van der Waals surface area (Å²) >= 11 is 0. The molecule has 5 heteroatoms. The molecule has 3 N–H and O–H groups in total. The number of aromatic nitrogens is 1. The molecule has 1 amide bonds. The average Bonchev–Trinajstić information content (AvgIpc) is 2.48. The first kappa shape index (κ1) is 14.1. The summed E-state index contributed by atoms with van der Waals surface area (Å²) in [4.78, 5) is 15.3. The maximum Gasteiger partial charge on any atom is 0.241 e. The van der Waals surface area contributed by atoms with Crippen LogP contribution in [0.15, 0.2) is 48.7 Å². The molecule has 1 heterocycles. The normalized spacial score (nSPS) is 11.9. The fraction of sp³-hybridized carbons (Fsp3) is 0.200. The van der Waals surface area contributed by atoms with E-state index in [0.29, 0.717) is 12.1 Å². The third-order valence-electron chi connectivity index (χ3n) is 2.92. The van der Waals surface area contributed by atoms with Crippen LogP contribution in [0.25, 0.3) is 0 Å². The standard InChI is InChI=1S/C15H16FN3O/c16-14-9-7-12(10-18-14)19-15(20)13(17)8-6-11-4-2-1-3-5-11/h1-5,7,9-10,13H,6,8,17H2,(H,19,20)/t13-/m0/s1. The first-order valence-corrected chi connectivity index (χ1v) is 6.37. The molecule has 0 aliphatic heterocycles. The molecule has 2 rings (SSSR count). The number of halogens is 1. The fourth-order valence-corrected chi connectivity index (χ4v) is 1.78. The number of anilines is 1. The summed E-state index contributed by atoms with van der Waals surface area (Å²) in [6.45, 7) is 0. The van der Waals surface area contributed by atoms with E-state index in [9.17, 15) is 9.18 Å². The van der Waals surface area contributed by atoms with Crippen LogP contribution in [0, 0.1) is 5.95 Å². The maximum atomic E-state index is 12.6. The Kier molecular flexibility index (Phi) is 4.79. The second kappa shape index (κ2) is 6.77. The van der Waals surface area contributed by atoms with Gasteiger partial charge >= 0.3 is 0 Å². The van der Waals surface area contributed by atoms with Crippen LogP contribution in [-0.2, 0) is 11.2 Å². The molecular weight excluding hydrogens is 257 g/mol. The second-order valence-electron chi connectivity index (χ2n) is 4.49. The number of nitrogens with zero attached hydrogens (tertiary/aromatic N) is 1. The van der Waals surface area contributed by atoms with Gasteiger partial charge in [-0.15, -0.1) is 0 Å². The van der Waals surface area contributed by atoms with Crippen molar-refractivity contribution in [3.05, 3.63) is 60.2 Å². The first-order valence-electron chi connectivity index (χ1n) is 6.37. The van der Waals surface area contributed by atoms with Crippen LogP contribution < -0.4 is 11.1 Å². The SMILES string of the molecule is N[C@@H](CCc1ccccc1)C(=O)Nc1ccc(F)nc1. The summed E-state index contributed by atoms with van der Waals surface area (Å²) in [5.74, 6) is -0.884. The number of nitrogens with one attached hydrogen (secondary N) is 1. The van der Waals surface area contributed by atoms with Crippen molar-refractivity contribution in [2.45, 2.75) is 18.9 Å². The van der Waals surface area contributed by atoms with Gasteiger partial charge in [-0.1, -0.05) is 30.3 Å². The van der Waals surface area contributed by atoms with E-state index in [0.717, 1.165) is 12.0 Å². The van der Waals surface area contributed by atoms with Crippen LogP contribution in [0.4, 0.5) is 10.1 Å². The Morgan fingerprint density at radius 1 is 1.25 bits per heavy atom. The number of hydrogen-bond acceptors (Lipinski definition) is 3. The molecule has 20 heavy (non-hydrogen) atoms. The number of rotatable bonds is 5. The monoisotopic (exact) mass is 273 g/mol. The lowest BCUT2D eigenvalue weighted by atomic mass is 10.1. The van der Waals surface area contributed by atoms with Gasteiger partial charge in [-0.25, -0.2) is 4.98 Å². The first-order chi connectivity index (χ1) is 9.65. The predicted molar refractivity (Wildman–Crippen MR) is 75.6 cm³/mol. The molecule has 2 aromatic rings. The predicted octanol–water partition coefficient (Wildman–Crippen LogP) is 2.12. The molecule has 4 nitrogen and oxygen atoms in total. The van der Waals surface area contributed by atoms with Crippen LogP contribution in [0.2, 0.25) is 0 Å². The second-order valence-corrected chi connectivity index (χ2v) is 4.49. The van der Waals surface area contributed by atoms with Gasteiger partial charge in [0, 0.05) is 0 Å². The van der Waals surface area contributed by atoms with Gasteiger partial charge in [-0.2, -0.15) is 4.39 Å². The minimum atomic E-state index is -0.611. The maximum absolute atomic E-state index is 12.6. The lowest BCUT2D eigenvalue weighted by molar-refractivity contribution is -0.117. The van der Waals surface area contributed by atoms with E-state index < -0.39 is 12.0 Å². The molecule has 0 aliphatic carbocycles. The van der Waals surface area contributed by atoms with E-state index in [1.165, 1.54) is 18.3 Å². The lowest BCUT2D eigenvalue weighted by Crippen LogP contribution is -2.36. The molecular formula is C15H16FN3O. The Hall–Kier alpha value is -2.27. The van der Waals surface area contributed by atoms with Gasteiger partial charge < -0.3 is 11.1 Å². The summed E-state index contributed by atoms with van der Waals surface area (Å²) in [6.07, 6.45) is 2.54. The van der Waals surface area contributed by atoms with E-state index in [2.05, 4.69) is 10.3 Å². The van der Waals surface area contributed by atoms with Crippen molar-refractivity contribution in [3.8, 4) is 0 Å². The summed E-state index contributed by atoms with van der Waals surface area (Å²) in [5, 5.41) is 2.61. The van der Waals surface area contributed by atoms with Crippen LogP contribution >= 0.6 is 0 Å². The number of carbonyl (C=O) groups is 1. The Balaban J connectivity index is 1.84. The molecule has 1 atom stereocenters. The van der Waals surface area contributed by atoms with Crippen molar-refractivity contribution >= 4 is 11.6 Å². The van der Waals surface area contributed by atoms with Gasteiger partial charge in [0.15, 0.2) is 0 Å². The smallest absolute Gasteiger partial charge is 0.241 e. The minimum absolute atomic E-state index is 0.297. The van der Waals surface area contributed by atoms with Crippen molar-refractivity contribution in [1.82, 2.24) is 4.98 Å². The number of aryl methyl sites for hydroxylation is 1. The topological polar surface area (TPSA) is 68.0 Å². The van der Waals surface area contributed by atoms with Gasteiger partial charge in [0.05, 0.1) is 17.9 Å². The number of carbonyl (C=O) groups excluding carboxylic acids is 1. The zero-order valence-electron chi connectivity index (χ0n) is 10.9. The molecule has 0 aliphatic rings. The minimum Gasteiger partial charge on any atom is -0.323 e. The number of hydrogen-bond donors (Lipinski definition) is 2. The average molecular weight is 273 g/mol. The number of nitrogens with two attached hydrogens (primary N) is 1. The van der Waals surface area contributed by atoms with Gasteiger partial charge in [0.25, 0.3) is 0 Å². The Labute approximate surface area is 116 Å². The number of amides is 1. The van der Waals surface area contributed by atoms with Gasteiger partial charge in [-0.3, -0.25) is 4.79 Å². The van der Waals surface area contributed by atoms with E-state index in [-0.39, 0.29) is 5.91 Å². The molecule has 0 saturated heterocycles. The Bertz CT molecular complexity index is 557. The van der Waals surface area contributed by atoms with Gasteiger partial charge in [0.1, 0.15) is 0 Å². The van der Waals surface area contributed by atoms with E-state index in [1.54, 1.807) is 0 Å². The zero-order chi connectivity index (χ0) is 14.4. The summed E-state index contributed by atoms with van der Waals surface area (Å²) in [7, 11) is 0. The summed E-state index contributed by atoms with van der Waals surface area (Å²) < 4.78 is 12.6. The van der Waals surface area contributed by atoms with Crippen molar-refractivity contribution in [3.63, 3.8) is 0 Å². The highest BCUT2D eigenvalue weighted by Gasteiger charge is 2.13.